The Bertz CT molecular complexity index is 854. The van der Waals surface area contributed by atoms with E-state index in [0.29, 0.717) is 0 Å². The Kier molecular flexibility index (Phi) is 6.50. The molecule has 12 heteroatoms. The van der Waals surface area contributed by atoms with Gasteiger partial charge in [0.1, 0.15) is 0 Å². The molecule has 0 atom stereocenters. The van der Waals surface area contributed by atoms with Gasteiger partial charge in [0, 0.05) is 0 Å². The molecule has 0 amide bonds. The van der Waals surface area contributed by atoms with Gasteiger partial charge in [-0.25, -0.2) is 0 Å². The van der Waals surface area contributed by atoms with Crippen LogP contribution in [0.5, 0.6) is 0 Å². The van der Waals surface area contributed by atoms with E-state index in [0.717, 1.165) is 24.3 Å². The summed E-state index contributed by atoms with van der Waals surface area (Å²) < 4.78 is 93.2. The summed E-state index contributed by atoms with van der Waals surface area (Å²) in [5.41, 5.74) is -5.71. The normalized spacial score (nSPS) is 13.0. The van der Waals surface area contributed by atoms with Crippen LogP contribution in [0.15, 0.2) is 45.3 Å². The molecule has 0 bridgehead atoms. The zero-order valence-electron chi connectivity index (χ0n) is 11.6. The summed E-state index contributed by atoms with van der Waals surface area (Å²) in [5.74, 6) is -2.00. The molecule has 138 valence electrons. The molecule has 0 saturated carbocycles. The summed E-state index contributed by atoms with van der Waals surface area (Å²) in [5, 5.41) is 0. The molecule has 0 N–H and O–H groups in total. The number of hydrogen-bond acceptors (Lipinski definition) is 3. The van der Waals surface area contributed by atoms with Gasteiger partial charge in [-0.05, 0) is 0 Å². The molecule has 0 aliphatic rings. The van der Waals surface area contributed by atoms with Crippen LogP contribution in [0.1, 0.15) is 0 Å². The van der Waals surface area contributed by atoms with Crippen LogP contribution in [-0.4, -0.2) is 13.9 Å². The van der Waals surface area contributed by atoms with E-state index in [1.54, 1.807) is 0 Å². The minimum atomic E-state index is -6.03. The van der Waals surface area contributed by atoms with Crippen molar-refractivity contribution >= 4 is 62.2 Å². The standard InChI is InChI=1S/C13H6Br2F5IO3S/c14-7-1-3-11(9(16)5-7)21(24-25(22,23)13(18,19)20)12-4-2-8(15)6-10(12)17/h1-6H. The summed E-state index contributed by atoms with van der Waals surface area (Å²) in [6.45, 7) is 0. The minimum absolute atomic E-state index is 0.277. The first-order chi connectivity index (χ1) is 11.4. The molecular formula is C13H6Br2F5IO3S. The fraction of sp³-hybridized carbons (Fsp3) is 0.0769. The Balaban J connectivity index is 2.63. The third-order valence-corrected chi connectivity index (χ3v) is 10.8. The molecule has 0 saturated heterocycles. The van der Waals surface area contributed by atoms with E-state index in [4.69, 9.17) is 0 Å². The molecular weight excluding hydrogens is 618 g/mol. The number of benzene rings is 2. The third-order valence-electron chi connectivity index (χ3n) is 2.56. The number of alkyl halides is 3. The fourth-order valence-electron chi connectivity index (χ4n) is 1.52. The molecule has 0 aromatic heterocycles. The van der Waals surface area contributed by atoms with E-state index in [1.165, 1.54) is 12.1 Å². The summed E-state index contributed by atoms with van der Waals surface area (Å²) in [4.78, 5) is 0. The van der Waals surface area contributed by atoms with Crippen LogP contribution in [0.25, 0.3) is 0 Å². The molecule has 0 fully saturated rings. The van der Waals surface area contributed by atoms with Gasteiger partial charge in [0.25, 0.3) is 0 Å². The Labute approximate surface area is 163 Å². The first-order valence-corrected chi connectivity index (χ1v) is 12.1. The van der Waals surface area contributed by atoms with E-state index in [9.17, 15) is 30.4 Å². The number of hydrogen-bond donors (Lipinski definition) is 0. The van der Waals surface area contributed by atoms with Crippen molar-refractivity contribution in [2.75, 3.05) is 0 Å². The van der Waals surface area contributed by atoms with Crippen LogP contribution in [0.4, 0.5) is 22.0 Å². The second kappa shape index (κ2) is 7.74. The predicted molar refractivity (Wildman–Crippen MR) is 95.7 cm³/mol. The molecule has 2 aromatic carbocycles. The van der Waals surface area contributed by atoms with Crippen molar-refractivity contribution in [2.45, 2.75) is 5.51 Å². The molecule has 2 rings (SSSR count). The van der Waals surface area contributed by atoms with Crippen LogP contribution in [0, 0.1) is 18.8 Å². The topological polar surface area (TPSA) is 43.4 Å². The van der Waals surface area contributed by atoms with Gasteiger partial charge in [-0.3, -0.25) is 0 Å². The number of rotatable bonds is 4. The SMILES string of the molecule is O=S(=O)(OI(c1ccc(Br)cc1F)c1ccc(Br)cc1F)C(F)(F)F. The number of halogens is 8. The van der Waals surface area contributed by atoms with Crippen LogP contribution in [-0.2, 0) is 12.6 Å². The second-order valence-electron chi connectivity index (χ2n) is 4.33. The first kappa shape index (κ1) is 21.0. The molecule has 0 aliphatic heterocycles. The van der Waals surface area contributed by atoms with Gasteiger partial charge in [-0.15, -0.1) is 0 Å². The van der Waals surface area contributed by atoms with Crippen molar-refractivity contribution in [3.63, 3.8) is 0 Å². The van der Waals surface area contributed by atoms with Crippen LogP contribution in [0.3, 0.4) is 0 Å². The quantitative estimate of drug-likeness (QED) is 0.187. The van der Waals surface area contributed by atoms with Crippen LogP contribution < -0.4 is 0 Å². The Morgan fingerprint density at radius 3 is 1.60 bits per heavy atom. The molecule has 2 aromatic rings. The predicted octanol–water partition coefficient (Wildman–Crippen LogP) is 5.82. The first-order valence-electron chi connectivity index (χ1n) is 6.04. The zero-order chi connectivity index (χ0) is 19.0. The van der Waals surface area contributed by atoms with Gasteiger partial charge in [0.05, 0.1) is 0 Å². The molecule has 0 radical (unpaired) electrons. The molecule has 25 heavy (non-hydrogen) atoms. The summed E-state index contributed by atoms with van der Waals surface area (Å²) in [6, 6.07) is 6.59. The van der Waals surface area contributed by atoms with Gasteiger partial charge < -0.3 is 0 Å². The van der Waals surface area contributed by atoms with Gasteiger partial charge >= 0.3 is 165 Å². The van der Waals surface area contributed by atoms with E-state index < -0.39 is 54.6 Å². The van der Waals surface area contributed by atoms with Gasteiger partial charge in [-0.1, -0.05) is 0 Å². The van der Waals surface area contributed by atoms with E-state index in [-0.39, 0.29) is 8.95 Å². The Morgan fingerprint density at radius 1 is 0.880 bits per heavy atom. The average molecular weight is 624 g/mol. The zero-order valence-corrected chi connectivity index (χ0v) is 17.8. The molecule has 0 unspecified atom stereocenters. The monoisotopic (exact) mass is 622 g/mol. The molecule has 0 spiro atoms. The summed E-state index contributed by atoms with van der Waals surface area (Å²) in [6.07, 6.45) is 0. The Morgan fingerprint density at radius 2 is 1.28 bits per heavy atom. The van der Waals surface area contributed by atoms with Crippen molar-refractivity contribution in [1.29, 1.82) is 0 Å². The van der Waals surface area contributed by atoms with Crippen molar-refractivity contribution in [3.05, 3.63) is 64.1 Å². The van der Waals surface area contributed by atoms with E-state index in [2.05, 4.69) is 34.4 Å². The maximum absolute atomic E-state index is 14.2. The van der Waals surface area contributed by atoms with Crippen LogP contribution in [0.2, 0.25) is 0 Å². The van der Waals surface area contributed by atoms with Gasteiger partial charge in [0.2, 0.25) is 0 Å². The fourth-order valence-corrected chi connectivity index (χ4v) is 8.64. The van der Waals surface area contributed by atoms with Gasteiger partial charge in [0.15, 0.2) is 0 Å². The van der Waals surface area contributed by atoms with Crippen LogP contribution >= 0.6 is 52.1 Å². The van der Waals surface area contributed by atoms with E-state index >= 15 is 0 Å². The molecule has 0 aliphatic carbocycles. The van der Waals surface area contributed by atoms with Crippen molar-refractivity contribution in [3.8, 4) is 0 Å². The molecule has 3 nitrogen and oxygen atoms in total. The van der Waals surface area contributed by atoms with Gasteiger partial charge in [-0.2, -0.15) is 0 Å². The average Bonchev–Trinajstić information content (AvgIpc) is 2.44. The van der Waals surface area contributed by atoms with Crippen molar-refractivity contribution in [1.82, 2.24) is 0 Å². The summed E-state index contributed by atoms with van der Waals surface area (Å²) >= 11 is 1.84. The third kappa shape index (κ3) is 4.90. The summed E-state index contributed by atoms with van der Waals surface area (Å²) in [7, 11) is -6.03. The van der Waals surface area contributed by atoms with Crippen molar-refractivity contribution < 1.29 is 32.9 Å². The van der Waals surface area contributed by atoms with E-state index in [1.807, 2.05) is 0 Å². The maximum atomic E-state index is 14.2. The molecule has 0 heterocycles. The Hall–Kier alpha value is -0.310. The second-order valence-corrected chi connectivity index (χ2v) is 12.5. The van der Waals surface area contributed by atoms with Crippen molar-refractivity contribution in [2.24, 2.45) is 0 Å².